The molecule has 3 rings (SSSR count). The minimum atomic E-state index is -0.206. The standard InChI is InChI=1S/C16H12O4/c1-19-16-9-15-11(7-13(16)18)12(17)8-14(20-15)10-5-3-2-4-6-10/h2-9,18H,1H3. The molecule has 0 aliphatic rings. The van der Waals surface area contributed by atoms with Gasteiger partial charge in [0.05, 0.1) is 12.5 Å². The van der Waals surface area contributed by atoms with Crippen molar-refractivity contribution in [1.29, 1.82) is 0 Å². The van der Waals surface area contributed by atoms with E-state index >= 15 is 0 Å². The number of hydrogen-bond donors (Lipinski definition) is 1. The van der Waals surface area contributed by atoms with E-state index in [4.69, 9.17) is 9.15 Å². The summed E-state index contributed by atoms with van der Waals surface area (Å²) in [5, 5.41) is 10.0. The zero-order chi connectivity index (χ0) is 14.1. The van der Waals surface area contributed by atoms with Gasteiger partial charge in [-0.15, -0.1) is 0 Å². The molecule has 1 heterocycles. The number of phenols is 1. The molecule has 0 saturated heterocycles. The van der Waals surface area contributed by atoms with Crippen LogP contribution in [0, 0.1) is 0 Å². The number of phenolic OH excluding ortho intramolecular Hbond substituents is 1. The average molecular weight is 268 g/mol. The second-order valence-corrected chi connectivity index (χ2v) is 4.36. The minimum Gasteiger partial charge on any atom is -0.504 e. The number of ether oxygens (including phenoxy) is 1. The van der Waals surface area contributed by atoms with Crippen LogP contribution in [0.5, 0.6) is 11.5 Å². The van der Waals surface area contributed by atoms with Crippen molar-refractivity contribution < 1.29 is 14.3 Å². The van der Waals surface area contributed by atoms with Crippen molar-refractivity contribution in [1.82, 2.24) is 0 Å². The summed E-state index contributed by atoms with van der Waals surface area (Å²) in [5.74, 6) is 0.668. The smallest absolute Gasteiger partial charge is 0.193 e. The number of fused-ring (bicyclic) bond motifs is 1. The lowest BCUT2D eigenvalue weighted by atomic mass is 10.1. The van der Waals surface area contributed by atoms with Gasteiger partial charge >= 0.3 is 0 Å². The first-order chi connectivity index (χ1) is 9.69. The predicted molar refractivity (Wildman–Crippen MR) is 76.1 cm³/mol. The second kappa shape index (κ2) is 4.74. The Morgan fingerprint density at radius 3 is 2.55 bits per heavy atom. The molecule has 0 unspecified atom stereocenters. The van der Waals surface area contributed by atoms with E-state index in [1.54, 1.807) is 0 Å². The third kappa shape index (κ3) is 2.01. The molecule has 2 aromatic carbocycles. The first-order valence-electron chi connectivity index (χ1n) is 6.09. The van der Waals surface area contributed by atoms with Crippen molar-refractivity contribution in [2.75, 3.05) is 7.11 Å². The number of aromatic hydroxyl groups is 1. The number of hydrogen-bond acceptors (Lipinski definition) is 4. The van der Waals surface area contributed by atoms with E-state index in [1.165, 1.54) is 25.3 Å². The molecule has 0 aliphatic carbocycles. The largest absolute Gasteiger partial charge is 0.504 e. The van der Waals surface area contributed by atoms with Crippen molar-refractivity contribution >= 4 is 11.0 Å². The molecule has 0 saturated carbocycles. The summed E-state index contributed by atoms with van der Waals surface area (Å²) in [6.07, 6.45) is 0. The fourth-order valence-corrected chi connectivity index (χ4v) is 2.08. The summed E-state index contributed by atoms with van der Waals surface area (Å²) in [4.78, 5) is 12.1. The maximum atomic E-state index is 12.1. The fraction of sp³-hybridized carbons (Fsp3) is 0.0625. The summed E-state index contributed by atoms with van der Waals surface area (Å²) in [7, 11) is 1.44. The van der Waals surface area contributed by atoms with Crippen molar-refractivity contribution in [3.63, 3.8) is 0 Å². The van der Waals surface area contributed by atoms with Gasteiger partial charge in [-0.1, -0.05) is 30.3 Å². The van der Waals surface area contributed by atoms with Crippen LogP contribution in [0.1, 0.15) is 0 Å². The first kappa shape index (κ1) is 12.3. The third-order valence-corrected chi connectivity index (χ3v) is 3.09. The summed E-state index contributed by atoms with van der Waals surface area (Å²) in [5.41, 5.74) is 0.993. The lowest BCUT2D eigenvalue weighted by Crippen LogP contribution is -2.00. The molecule has 100 valence electrons. The van der Waals surface area contributed by atoms with E-state index in [1.807, 2.05) is 30.3 Å². The van der Waals surface area contributed by atoms with E-state index in [0.717, 1.165) is 5.56 Å². The number of methoxy groups -OCH3 is 1. The molecule has 1 aromatic heterocycles. The molecule has 4 heteroatoms. The Balaban J connectivity index is 2.28. The molecule has 0 fully saturated rings. The average Bonchev–Trinajstić information content (AvgIpc) is 2.48. The van der Waals surface area contributed by atoms with Crippen molar-refractivity contribution in [2.45, 2.75) is 0 Å². The summed E-state index contributed by atoms with van der Waals surface area (Å²) in [6.45, 7) is 0. The van der Waals surface area contributed by atoms with Gasteiger partial charge in [-0.3, -0.25) is 4.79 Å². The van der Waals surface area contributed by atoms with E-state index < -0.39 is 0 Å². The lowest BCUT2D eigenvalue weighted by molar-refractivity contribution is 0.373. The Labute approximate surface area is 114 Å². The molecule has 4 nitrogen and oxygen atoms in total. The van der Waals surface area contributed by atoms with Gasteiger partial charge < -0.3 is 14.3 Å². The highest BCUT2D eigenvalue weighted by atomic mass is 16.5. The zero-order valence-corrected chi connectivity index (χ0v) is 10.8. The summed E-state index contributed by atoms with van der Waals surface area (Å²) in [6, 6.07) is 13.7. The summed E-state index contributed by atoms with van der Waals surface area (Å²) < 4.78 is 10.8. The van der Waals surface area contributed by atoms with Crippen molar-refractivity contribution in [2.24, 2.45) is 0 Å². The Hall–Kier alpha value is -2.75. The number of benzene rings is 2. The van der Waals surface area contributed by atoms with Crippen LogP contribution < -0.4 is 10.2 Å². The van der Waals surface area contributed by atoms with Gasteiger partial charge in [-0.25, -0.2) is 0 Å². The van der Waals surface area contributed by atoms with Crippen LogP contribution in [-0.2, 0) is 0 Å². The highest BCUT2D eigenvalue weighted by Crippen LogP contribution is 2.31. The maximum absolute atomic E-state index is 12.1. The van der Waals surface area contributed by atoms with Gasteiger partial charge in [-0.2, -0.15) is 0 Å². The van der Waals surface area contributed by atoms with Crippen LogP contribution in [0.15, 0.2) is 57.7 Å². The van der Waals surface area contributed by atoms with Gasteiger partial charge in [0.25, 0.3) is 0 Å². The monoisotopic (exact) mass is 268 g/mol. The Morgan fingerprint density at radius 1 is 1.10 bits per heavy atom. The molecular weight excluding hydrogens is 256 g/mol. The first-order valence-corrected chi connectivity index (χ1v) is 6.09. The molecule has 20 heavy (non-hydrogen) atoms. The Morgan fingerprint density at radius 2 is 1.85 bits per heavy atom. The molecular formula is C16H12O4. The molecule has 1 N–H and O–H groups in total. The summed E-state index contributed by atoms with van der Waals surface area (Å²) >= 11 is 0. The van der Waals surface area contributed by atoms with Crippen LogP contribution in [0.25, 0.3) is 22.3 Å². The number of rotatable bonds is 2. The zero-order valence-electron chi connectivity index (χ0n) is 10.8. The van der Waals surface area contributed by atoms with Gasteiger partial charge in [0.1, 0.15) is 11.3 Å². The SMILES string of the molecule is COc1cc2oc(-c3ccccc3)cc(=O)c2cc1O. The van der Waals surface area contributed by atoms with Gasteiger partial charge in [0.2, 0.25) is 0 Å². The van der Waals surface area contributed by atoms with Crippen LogP contribution in [0.2, 0.25) is 0 Å². The van der Waals surface area contributed by atoms with Gasteiger partial charge in [0.15, 0.2) is 16.9 Å². The predicted octanol–water partition coefficient (Wildman–Crippen LogP) is 3.17. The van der Waals surface area contributed by atoms with E-state index in [-0.39, 0.29) is 16.9 Å². The molecule has 0 amide bonds. The van der Waals surface area contributed by atoms with E-state index in [2.05, 4.69) is 0 Å². The molecule has 0 atom stereocenters. The third-order valence-electron chi connectivity index (χ3n) is 3.09. The molecule has 0 radical (unpaired) electrons. The Kier molecular flexibility index (Phi) is 2.91. The fourth-order valence-electron chi connectivity index (χ4n) is 2.08. The molecule has 0 bridgehead atoms. The highest BCUT2D eigenvalue weighted by molar-refractivity contribution is 5.82. The topological polar surface area (TPSA) is 59.7 Å². The quantitative estimate of drug-likeness (QED) is 0.775. The lowest BCUT2D eigenvalue weighted by Gasteiger charge is -2.06. The van der Waals surface area contributed by atoms with E-state index in [0.29, 0.717) is 16.7 Å². The Bertz CT molecular complexity index is 819. The minimum absolute atomic E-state index is 0.0836. The van der Waals surface area contributed by atoms with Gasteiger partial charge in [0, 0.05) is 17.7 Å². The normalized spacial score (nSPS) is 10.7. The van der Waals surface area contributed by atoms with Crippen LogP contribution in [-0.4, -0.2) is 12.2 Å². The maximum Gasteiger partial charge on any atom is 0.193 e. The second-order valence-electron chi connectivity index (χ2n) is 4.36. The molecule has 3 aromatic rings. The molecule has 0 aliphatic heterocycles. The van der Waals surface area contributed by atoms with E-state index in [9.17, 15) is 9.90 Å². The highest BCUT2D eigenvalue weighted by Gasteiger charge is 2.11. The van der Waals surface area contributed by atoms with Crippen LogP contribution in [0.3, 0.4) is 0 Å². The van der Waals surface area contributed by atoms with Crippen molar-refractivity contribution in [3.05, 3.63) is 58.8 Å². The molecule has 0 spiro atoms. The van der Waals surface area contributed by atoms with Crippen LogP contribution >= 0.6 is 0 Å². The van der Waals surface area contributed by atoms with Crippen LogP contribution in [0.4, 0.5) is 0 Å². The van der Waals surface area contributed by atoms with Gasteiger partial charge in [-0.05, 0) is 6.07 Å². The van der Waals surface area contributed by atoms with Crippen molar-refractivity contribution in [3.8, 4) is 22.8 Å².